The normalized spacial score (nSPS) is 21.5. The Bertz CT molecular complexity index is 1090. The maximum atomic E-state index is 13.2. The van der Waals surface area contributed by atoms with E-state index >= 15 is 0 Å². The lowest BCUT2D eigenvalue weighted by Crippen LogP contribution is -2.44. The summed E-state index contributed by atoms with van der Waals surface area (Å²) in [6, 6.07) is 13.1. The fourth-order valence-corrected chi connectivity index (χ4v) is 6.23. The second-order valence-electron chi connectivity index (χ2n) is 8.86. The molecule has 2 aromatic carbocycles. The molecule has 1 aliphatic carbocycles. The van der Waals surface area contributed by atoms with E-state index in [0.29, 0.717) is 0 Å². The molecule has 1 aromatic heterocycles. The molecule has 1 saturated heterocycles. The molecule has 1 aliphatic heterocycles. The highest BCUT2D eigenvalue weighted by molar-refractivity contribution is 7.22. The highest BCUT2D eigenvalue weighted by atomic mass is 32.1. The predicted octanol–water partition coefficient (Wildman–Crippen LogP) is 5.32. The van der Waals surface area contributed by atoms with Gasteiger partial charge in [0, 0.05) is 13.1 Å². The van der Waals surface area contributed by atoms with E-state index in [4.69, 9.17) is 4.98 Å². The summed E-state index contributed by atoms with van der Waals surface area (Å²) in [5.74, 6) is 0.234. The van der Waals surface area contributed by atoms with Gasteiger partial charge < -0.3 is 10.2 Å². The van der Waals surface area contributed by atoms with Crippen LogP contribution in [-0.4, -0.2) is 24.0 Å². The fraction of sp³-hybridized carbons (Fsp3) is 0.440. The topological polar surface area (TPSA) is 45.2 Å². The van der Waals surface area contributed by atoms with Gasteiger partial charge >= 0.3 is 0 Å². The molecular weight excluding hydrogens is 390 g/mol. The number of benzene rings is 2. The van der Waals surface area contributed by atoms with Gasteiger partial charge in [0.15, 0.2) is 5.13 Å². The van der Waals surface area contributed by atoms with Crippen LogP contribution in [0.15, 0.2) is 36.4 Å². The van der Waals surface area contributed by atoms with Gasteiger partial charge in [0.1, 0.15) is 0 Å². The molecule has 0 bridgehead atoms. The van der Waals surface area contributed by atoms with Crippen LogP contribution >= 0.6 is 11.3 Å². The minimum atomic E-state index is 0.0303. The molecule has 156 valence electrons. The standard InChI is InChI=1S/C25H29N3OS/c1-16-13-17(2)23-22(14-16)30-25(27-23)28-12-6-9-19(15-28)24(29)26-21-11-5-8-18-7-3-4-10-20(18)21/h3-4,7,10,13-14,19,21H,5-6,8-9,11-12,15H2,1-2H3,(H,26,29)/t19-,21+/m0/s1. The van der Waals surface area contributed by atoms with E-state index in [0.717, 1.165) is 55.8 Å². The molecular formula is C25H29N3OS. The Labute approximate surface area is 182 Å². The van der Waals surface area contributed by atoms with Crippen LogP contribution in [0.2, 0.25) is 0 Å². The number of anilines is 1. The van der Waals surface area contributed by atoms with Crippen LogP contribution in [-0.2, 0) is 11.2 Å². The zero-order valence-corrected chi connectivity index (χ0v) is 18.6. The van der Waals surface area contributed by atoms with Gasteiger partial charge in [-0.05, 0) is 74.3 Å². The maximum absolute atomic E-state index is 13.2. The van der Waals surface area contributed by atoms with E-state index in [1.807, 2.05) is 0 Å². The number of aryl methyl sites for hydroxylation is 3. The van der Waals surface area contributed by atoms with Crippen molar-refractivity contribution in [3.05, 3.63) is 58.7 Å². The van der Waals surface area contributed by atoms with Crippen LogP contribution in [0, 0.1) is 19.8 Å². The first-order valence-corrected chi connectivity index (χ1v) is 11.9. The van der Waals surface area contributed by atoms with Crippen LogP contribution in [0.3, 0.4) is 0 Å². The Kier molecular flexibility index (Phi) is 5.23. The molecule has 0 radical (unpaired) electrons. The quantitative estimate of drug-likeness (QED) is 0.625. The molecule has 1 fully saturated rings. The second kappa shape index (κ2) is 8.03. The number of nitrogens with one attached hydrogen (secondary N) is 1. The van der Waals surface area contributed by atoms with E-state index in [9.17, 15) is 4.79 Å². The molecule has 5 heteroatoms. The van der Waals surface area contributed by atoms with Crippen molar-refractivity contribution in [1.29, 1.82) is 0 Å². The largest absolute Gasteiger partial charge is 0.349 e. The van der Waals surface area contributed by atoms with Gasteiger partial charge in [-0.3, -0.25) is 4.79 Å². The molecule has 2 atom stereocenters. The summed E-state index contributed by atoms with van der Waals surface area (Å²) < 4.78 is 1.24. The van der Waals surface area contributed by atoms with Gasteiger partial charge in [-0.2, -0.15) is 0 Å². The predicted molar refractivity (Wildman–Crippen MR) is 124 cm³/mol. The molecule has 2 heterocycles. The van der Waals surface area contributed by atoms with Crippen LogP contribution < -0.4 is 10.2 Å². The van der Waals surface area contributed by atoms with Crippen molar-refractivity contribution >= 4 is 32.6 Å². The van der Waals surface area contributed by atoms with Gasteiger partial charge in [-0.1, -0.05) is 41.7 Å². The fourth-order valence-electron chi connectivity index (χ4n) is 5.05. The van der Waals surface area contributed by atoms with E-state index in [2.05, 4.69) is 60.5 Å². The van der Waals surface area contributed by atoms with Crippen molar-refractivity contribution < 1.29 is 4.79 Å². The van der Waals surface area contributed by atoms with Crippen molar-refractivity contribution in [3.63, 3.8) is 0 Å². The third-order valence-electron chi connectivity index (χ3n) is 6.57. The average Bonchev–Trinajstić information content (AvgIpc) is 3.19. The van der Waals surface area contributed by atoms with Crippen LogP contribution in [0.25, 0.3) is 10.2 Å². The van der Waals surface area contributed by atoms with Gasteiger partial charge in [0.2, 0.25) is 5.91 Å². The molecule has 1 N–H and O–H groups in total. The summed E-state index contributed by atoms with van der Waals surface area (Å²) in [6.07, 6.45) is 5.29. The third-order valence-corrected chi connectivity index (χ3v) is 7.63. The number of amides is 1. The Morgan fingerprint density at radius 1 is 1.17 bits per heavy atom. The van der Waals surface area contributed by atoms with Gasteiger partial charge in [-0.15, -0.1) is 0 Å². The minimum Gasteiger partial charge on any atom is -0.349 e. The van der Waals surface area contributed by atoms with E-state index in [1.165, 1.54) is 27.0 Å². The van der Waals surface area contributed by atoms with E-state index in [1.54, 1.807) is 11.3 Å². The molecule has 3 aromatic rings. The number of fused-ring (bicyclic) bond motifs is 2. The highest BCUT2D eigenvalue weighted by Crippen LogP contribution is 2.34. The third kappa shape index (κ3) is 3.71. The summed E-state index contributed by atoms with van der Waals surface area (Å²) in [6.45, 7) is 6.01. The lowest BCUT2D eigenvalue weighted by Gasteiger charge is -2.33. The number of nitrogens with zero attached hydrogens (tertiary/aromatic N) is 2. The maximum Gasteiger partial charge on any atom is 0.225 e. The number of carbonyl (C=O) groups excluding carboxylic acids is 1. The summed E-state index contributed by atoms with van der Waals surface area (Å²) in [4.78, 5) is 20.4. The van der Waals surface area contributed by atoms with Crippen molar-refractivity contribution in [2.75, 3.05) is 18.0 Å². The molecule has 0 spiro atoms. The number of thiazole rings is 1. The first-order valence-electron chi connectivity index (χ1n) is 11.1. The molecule has 5 rings (SSSR count). The van der Waals surface area contributed by atoms with Crippen molar-refractivity contribution in [3.8, 4) is 0 Å². The van der Waals surface area contributed by atoms with Crippen molar-refractivity contribution in [1.82, 2.24) is 10.3 Å². The van der Waals surface area contributed by atoms with Crippen molar-refractivity contribution in [2.24, 2.45) is 5.92 Å². The Morgan fingerprint density at radius 3 is 2.93 bits per heavy atom. The van der Waals surface area contributed by atoms with Crippen molar-refractivity contribution in [2.45, 2.75) is 52.0 Å². The monoisotopic (exact) mass is 419 g/mol. The lowest BCUT2D eigenvalue weighted by molar-refractivity contribution is -0.126. The summed E-state index contributed by atoms with van der Waals surface area (Å²) >= 11 is 1.76. The minimum absolute atomic E-state index is 0.0303. The lowest BCUT2D eigenvalue weighted by atomic mass is 9.87. The zero-order chi connectivity index (χ0) is 20.7. The highest BCUT2D eigenvalue weighted by Gasteiger charge is 2.30. The van der Waals surface area contributed by atoms with Crippen LogP contribution in [0.1, 0.15) is 54.0 Å². The van der Waals surface area contributed by atoms with Gasteiger partial charge in [0.25, 0.3) is 0 Å². The number of aromatic nitrogens is 1. The summed E-state index contributed by atoms with van der Waals surface area (Å²) in [7, 11) is 0. The number of hydrogen-bond acceptors (Lipinski definition) is 4. The first-order chi connectivity index (χ1) is 14.6. The number of carbonyl (C=O) groups is 1. The average molecular weight is 420 g/mol. The Balaban J connectivity index is 1.31. The van der Waals surface area contributed by atoms with E-state index < -0.39 is 0 Å². The van der Waals surface area contributed by atoms with Crippen LogP contribution in [0.5, 0.6) is 0 Å². The molecule has 0 saturated carbocycles. The molecule has 0 unspecified atom stereocenters. The van der Waals surface area contributed by atoms with Gasteiger partial charge in [-0.25, -0.2) is 4.98 Å². The second-order valence-corrected chi connectivity index (χ2v) is 9.87. The first kappa shape index (κ1) is 19.6. The molecule has 2 aliphatic rings. The summed E-state index contributed by atoms with van der Waals surface area (Å²) in [5.41, 5.74) is 6.31. The SMILES string of the molecule is Cc1cc(C)c2nc(N3CCC[C@H](C(=O)N[C@@H]4CCCc5ccccc54)C3)sc2c1. The zero-order valence-electron chi connectivity index (χ0n) is 17.8. The Hall–Kier alpha value is -2.40. The molecule has 4 nitrogen and oxygen atoms in total. The number of piperidine rings is 1. The van der Waals surface area contributed by atoms with Gasteiger partial charge in [0.05, 0.1) is 22.2 Å². The number of hydrogen-bond donors (Lipinski definition) is 1. The number of rotatable bonds is 3. The Morgan fingerprint density at radius 2 is 2.03 bits per heavy atom. The molecule has 1 amide bonds. The smallest absolute Gasteiger partial charge is 0.225 e. The molecule has 30 heavy (non-hydrogen) atoms. The summed E-state index contributed by atoms with van der Waals surface area (Å²) in [5, 5.41) is 4.43. The van der Waals surface area contributed by atoms with E-state index in [-0.39, 0.29) is 17.9 Å². The van der Waals surface area contributed by atoms with Crippen LogP contribution in [0.4, 0.5) is 5.13 Å².